The molecule has 2 fully saturated rings. The Labute approximate surface area is 130 Å². The molecule has 1 atom stereocenters. The van der Waals surface area contributed by atoms with Gasteiger partial charge in [-0.05, 0) is 51.1 Å². The molecule has 0 aromatic carbocycles. The van der Waals surface area contributed by atoms with Crippen molar-refractivity contribution in [1.82, 2.24) is 9.80 Å². The van der Waals surface area contributed by atoms with Crippen molar-refractivity contribution in [3.8, 4) is 0 Å². The highest BCUT2D eigenvalue weighted by Crippen LogP contribution is 2.18. The summed E-state index contributed by atoms with van der Waals surface area (Å²) >= 11 is 0. The van der Waals surface area contributed by atoms with E-state index in [1.165, 1.54) is 58.0 Å². The van der Waals surface area contributed by atoms with Gasteiger partial charge >= 0.3 is 0 Å². The van der Waals surface area contributed by atoms with Gasteiger partial charge < -0.3 is 10.6 Å². The van der Waals surface area contributed by atoms with E-state index in [9.17, 15) is 0 Å². The van der Waals surface area contributed by atoms with Crippen LogP contribution in [-0.4, -0.2) is 54.5 Å². The summed E-state index contributed by atoms with van der Waals surface area (Å²) in [7, 11) is 0. The summed E-state index contributed by atoms with van der Waals surface area (Å²) in [5, 5.41) is 0. The van der Waals surface area contributed by atoms with Crippen molar-refractivity contribution in [2.24, 2.45) is 16.6 Å². The molecule has 122 valence electrons. The van der Waals surface area contributed by atoms with Crippen molar-refractivity contribution in [2.45, 2.75) is 64.8 Å². The maximum absolute atomic E-state index is 6.25. The Morgan fingerprint density at radius 1 is 0.952 bits per heavy atom. The molecule has 0 saturated carbocycles. The molecule has 0 bridgehead atoms. The van der Waals surface area contributed by atoms with Gasteiger partial charge in [-0.25, -0.2) is 0 Å². The van der Waals surface area contributed by atoms with Crippen LogP contribution < -0.4 is 5.73 Å². The van der Waals surface area contributed by atoms with Crippen LogP contribution in [0.2, 0.25) is 0 Å². The molecule has 2 heterocycles. The van der Waals surface area contributed by atoms with Crippen LogP contribution in [0, 0.1) is 5.92 Å². The number of aliphatic imine (C=N–C) groups is 1. The minimum Gasteiger partial charge on any atom is -0.370 e. The Bertz CT molecular complexity index is 313. The Morgan fingerprint density at radius 2 is 1.52 bits per heavy atom. The van der Waals surface area contributed by atoms with Gasteiger partial charge in [0, 0.05) is 19.1 Å². The SMILES string of the molecule is CC(C)CC(CN=C(N)N1CCCCCC1)N1CCCC1. The molecule has 2 aliphatic rings. The first-order chi connectivity index (χ1) is 10.2. The van der Waals surface area contributed by atoms with Crippen molar-refractivity contribution in [3.05, 3.63) is 0 Å². The molecule has 0 radical (unpaired) electrons. The zero-order chi connectivity index (χ0) is 15.1. The fourth-order valence-corrected chi connectivity index (χ4v) is 3.59. The van der Waals surface area contributed by atoms with E-state index in [1.54, 1.807) is 0 Å². The zero-order valence-corrected chi connectivity index (χ0v) is 14.1. The van der Waals surface area contributed by atoms with E-state index in [2.05, 4.69) is 23.6 Å². The molecule has 1 unspecified atom stereocenters. The number of nitrogens with two attached hydrogens (primary N) is 1. The Balaban J connectivity index is 1.89. The van der Waals surface area contributed by atoms with Gasteiger partial charge in [0.05, 0.1) is 6.54 Å². The predicted octanol–water partition coefficient (Wildman–Crippen LogP) is 2.69. The van der Waals surface area contributed by atoms with Crippen LogP contribution >= 0.6 is 0 Å². The monoisotopic (exact) mass is 294 g/mol. The second kappa shape index (κ2) is 8.62. The normalized spacial score (nSPS) is 23.6. The molecule has 4 heteroatoms. The lowest BCUT2D eigenvalue weighted by molar-refractivity contribution is 0.218. The molecule has 2 aliphatic heterocycles. The molecule has 0 spiro atoms. The molecule has 2 N–H and O–H groups in total. The average Bonchev–Trinajstić information content (AvgIpc) is 2.85. The van der Waals surface area contributed by atoms with Gasteiger partial charge in [-0.3, -0.25) is 9.89 Å². The molecule has 4 nitrogen and oxygen atoms in total. The lowest BCUT2D eigenvalue weighted by Crippen LogP contribution is -2.41. The minimum absolute atomic E-state index is 0.582. The summed E-state index contributed by atoms with van der Waals surface area (Å²) in [6.07, 6.45) is 9.13. The molecule has 2 saturated heterocycles. The fourth-order valence-electron chi connectivity index (χ4n) is 3.59. The van der Waals surface area contributed by atoms with Crippen LogP contribution in [0.1, 0.15) is 58.8 Å². The third-order valence-electron chi connectivity index (χ3n) is 4.79. The molecule has 21 heavy (non-hydrogen) atoms. The number of rotatable bonds is 5. The van der Waals surface area contributed by atoms with Crippen LogP contribution in [0.5, 0.6) is 0 Å². The van der Waals surface area contributed by atoms with Gasteiger partial charge in [-0.1, -0.05) is 26.7 Å². The standard InChI is InChI=1S/C17H34N4/c1-15(2)13-16(20-9-7-8-10-20)14-19-17(18)21-11-5-3-4-6-12-21/h15-16H,3-14H2,1-2H3,(H2,18,19). The van der Waals surface area contributed by atoms with Gasteiger partial charge in [0.2, 0.25) is 0 Å². The highest BCUT2D eigenvalue weighted by molar-refractivity contribution is 5.78. The van der Waals surface area contributed by atoms with E-state index < -0.39 is 0 Å². The lowest BCUT2D eigenvalue weighted by atomic mass is 10.0. The average molecular weight is 294 g/mol. The molecule has 0 amide bonds. The van der Waals surface area contributed by atoms with E-state index in [0.717, 1.165) is 31.5 Å². The number of guanidine groups is 1. The first kappa shape index (κ1) is 16.6. The van der Waals surface area contributed by atoms with Crippen molar-refractivity contribution in [3.63, 3.8) is 0 Å². The number of likely N-dealkylation sites (tertiary alicyclic amines) is 2. The van der Waals surface area contributed by atoms with Gasteiger partial charge in [0.1, 0.15) is 0 Å². The summed E-state index contributed by atoms with van der Waals surface area (Å²) < 4.78 is 0. The molecule has 0 aromatic heterocycles. The number of hydrogen-bond acceptors (Lipinski definition) is 2. The maximum Gasteiger partial charge on any atom is 0.191 e. The van der Waals surface area contributed by atoms with Crippen molar-refractivity contribution < 1.29 is 0 Å². The van der Waals surface area contributed by atoms with Gasteiger partial charge in [-0.2, -0.15) is 0 Å². The predicted molar refractivity (Wildman–Crippen MR) is 90.6 cm³/mol. The molecular weight excluding hydrogens is 260 g/mol. The highest BCUT2D eigenvalue weighted by Gasteiger charge is 2.22. The van der Waals surface area contributed by atoms with Crippen LogP contribution in [-0.2, 0) is 0 Å². The molecular formula is C17H34N4. The molecule has 0 aliphatic carbocycles. The maximum atomic E-state index is 6.25. The molecule has 2 rings (SSSR count). The van der Waals surface area contributed by atoms with E-state index in [1.807, 2.05) is 0 Å². The van der Waals surface area contributed by atoms with Crippen LogP contribution in [0.25, 0.3) is 0 Å². The second-order valence-corrected chi connectivity index (χ2v) is 7.13. The smallest absolute Gasteiger partial charge is 0.191 e. The van der Waals surface area contributed by atoms with E-state index in [4.69, 9.17) is 10.7 Å². The first-order valence-corrected chi connectivity index (χ1v) is 8.95. The Morgan fingerprint density at radius 3 is 2.10 bits per heavy atom. The Hall–Kier alpha value is -0.770. The fraction of sp³-hybridized carbons (Fsp3) is 0.941. The number of hydrogen-bond donors (Lipinski definition) is 1. The van der Waals surface area contributed by atoms with Crippen LogP contribution in [0.15, 0.2) is 4.99 Å². The van der Waals surface area contributed by atoms with Crippen LogP contribution in [0.4, 0.5) is 0 Å². The van der Waals surface area contributed by atoms with Gasteiger partial charge in [-0.15, -0.1) is 0 Å². The summed E-state index contributed by atoms with van der Waals surface area (Å²) in [6, 6.07) is 0.582. The van der Waals surface area contributed by atoms with E-state index in [0.29, 0.717) is 6.04 Å². The van der Waals surface area contributed by atoms with E-state index >= 15 is 0 Å². The quantitative estimate of drug-likeness (QED) is 0.626. The summed E-state index contributed by atoms with van der Waals surface area (Å²) in [5.74, 6) is 1.51. The van der Waals surface area contributed by atoms with Gasteiger partial charge in [0.15, 0.2) is 5.96 Å². The van der Waals surface area contributed by atoms with Crippen LogP contribution in [0.3, 0.4) is 0 Å². The summed E-state index contributed by atoms with van der Waals surface area (Å²) in [4.78, 5) is 9.69. The first-order valence-electron chi connectivity index (χ1n) is 8.95. The molecule has 0 aromatic rings. The van der Waals surface area contributed by atoms with Gasteiger partial charge in [0.25, 0.3) is 0 Å². The summed E-state index contributed by atoms with van der Waals surface area (Å²) in [5.41, 5.74) is 6.25. The van der Waals surface area contributed by atoms with E-state index in [-0.39, 0.29) is 0 Å². The topological polar surface area (TPSA) is 44.9 Å². The highest BCUT2D eigenvalue weighted by atomic mass is 15.3. The minimum atomic E-state index is 0.582. The lowest BCUT2D eigenvalue weighted by Gasteiger charge is -2.28. The number of nitrogens with zero attached hydrogens (tertiary/aromatic N) is 3. The van der Waals surface area contributed by atoms with Crippen molar-refractivity contribution >= 4 is 5.96 Å². The summed E-state index contributed by atoms with van der Waals surface area (Å²) in [6.45, 7) is 10.2. The third-order valence-corrected chi connectivity index (χ3v) is 4.79. The Kier molecular flexibility index (Phi) is 6.81. The zero-order valence-electron chi connectivity index (χ0n) is 14.1. The van der Waals surface area contributed by atoms with Crippen molar-refractivity contribution in [1.29, 1.82) is 0 Å². The third kappa shape index (κ3) is 5.50. The largest absolute Gasteiger partial charge is 0.370 e. The van der Waals surface area contributed by atoms with Crippen molar-refractivity contribution in [2.75, 3.05) is 32.7 Å². The second-order valence-electron chi connectivity index (χ2n) is 7.13.